The lowest BCUT2D eigenvalue weighted by Crippen LogP contribution is -2.30. The number of aryl methyl sites for hydroxylation is 1. The number of benzene rings is 2. The molecule has 3 rings (SSSR count). The summed E-state index contributed by atoms with van der Waals surface area (Å²) in [4.78, 5) is 24.4. The van der Waals surface area contributed by atoms with Crippen molar-refractivity contribution >= 4 is 45.8 Å². The quantitative estimate of drug-likeness (QED) is 0.748. The minimum Gasteiger partial charge on any atom is -0.326 e. The van der Waals surface area contributed by atoms with Crippen LogP contribution in [0.3, 0.4) is 0 Å². The van der Waals surface area contributed by atoms with Crippen molar-refractivity contribution in [2.45, 2.75) is 19.3 Å². The molecule has 0 aromatic heterocycles. The Hall–Kier alpha value is -1.89. The molecule has 2 aromatic rings. The zero-order chi connectivity index (χ0) is 15.7. The predicted molar refractivity (Wildman–Crippen MR) is 95.0 cm³/mol. The second-order valence-corrected chi connectivity index (χ2v) is 6.51. The van der Waals surface area contributed by atoms with E-state index < -0.39 is 5.92 Å². The van der Waals surface area contributed by atoms with Crippen LogP contribution in [-0.2, 0) is 9.59 Å². The summed E-state index contributed by atoms with van der Waals surface area (Å²) in [5.41, 5.74) is 3.50. The van der Waals surface area contributed by atoms with Crippen LogP contribution in [0.4, 0.5) is 11.4 Å². The summed E-state index contributed by atoms with van der Waals surface area (Å²) < 4.78 is 1.09. The number of rotatable bonds is 2. The Balaban J connectivity index is 1.86. The zero-order valence-electron chi connectivity index (χ0n) is 12.0. The van der Waals surface area contributed by atoms with Gasteiger partial charge in [0, 0.05) is 21.4 Å². The summed E-state index contributed by atoms with van der Waals surface area (Å²) in [5.74, 6) is -0.733. The smallest absolute Gasteiger partial charge is 0.232 e. The molecule has 112 valence electrons. The van der Waals surface area contributed by atoms with Crippen LogP contribution in [0.15, 0.2) is 42.5 Å². The molecule has 4 nitrogen and oxygen atoms in total. The first-order chi connectivity index (χ1) is 10.5. The number of halogens is 1. The second-order valence-electron chi connectivity index (χ2n) is 5.35. The van der Waals surface area contributed by atoms with Gasteiger partial charge in [-0.3, -0.25) is 9.59 Å². The molecule has 2 aromatic carbocycles. The van der Waals surface area contributed by atoms with Gasteiger partial charge in [-0.2, -0.15) is 0 Å². The molecule has 2 N–H and O–H groups in total. The zero-order valence-corrected chi connectivity index (χ0v) is 14.2. The van der Waals surface area contributed by atoms with Gasteiger partial charge in [0.15, 0.2) is 0 Å². The lowest BCUT2D eigenvalue weighted by molar-refractivity contribution is -0.123. The van der Waals surface area contributed by atoms with E-state index in [2.05, 4.69) is 33.2 Å². The van der Waals surface area contributed by atoms with Crippen LogP contribution in [0.2, 0.25) is 0 Å². The van der Waals surface area contributed by atoms with Crippen molar-refractivity contribution < 1.29 is 9.59 Å². The van der Waals surface area contributed by atoms with Gasteiger partial charge < -0.3 is 10.6 Å². The van der Waals surface area contributed by atoms with Crippen molar-refractivity contribution in [2.75, 3.05) is 10.6 Å². The third-order valence-electron chi connectivity index (χ3n) is 3.76. The van der Waals surface area contributed by atoms with Gasteiger partial charge in [-0.05, 0) is 58.8 Å². The highest BCUT2D eigenvalue weighted by Crippen LogP contribution is 2.33. The average Bonchev–Trinajstić information content (AvgIpc) is 2.50. The fourth-order valence-electron chi connectivity index (χ4n) is 2.55. The molecule has 0 aliphatic carbocycles. The van der Waals surface area contributed by atoms with E-state index in [4.69, 9.17) is 0 Å². The highest BCUT2D eigenvalue weighted by Gasteiger charge is 2.30. The molecule has 5 heteroatoms. The Morgan fingerprint density at radius 1 is 1.27 bits per heavy atom. The molecule has 0 saturated carbocycles. The number of carbonyl (C=O) groups excluding carboxylic acids is 2. The number of hydrogen-bond acceptors (Lipinski definition) is 2. The predicted octanol–water partition coefficient (Wildman–Crippen LogP) is 3.66. The van der Waals surface area contributed by atoms with Gasteiger partial charge in [0.25, 0.3) is 0 Å². The van der Waals surface area contributed by atoms with Crippen LogP contribution in [0.1, 0.15) is 23.5 Å². The molecular weight excluding hydrogens is 391 g/mol. The summed E-state index contributed by atoms with van der Waals surface area (Å²) in [6, 6.07) is 13.2. The largest absolute Gasteiger partial charge is 0.326 e. The highest BCUT2D eigenvalue weighted by molar-refractivity contribution is 14.1. The molecule has 0 fully saturated rings. The maximum absolute atomic E-state index is 12.6. The molecule has 0 spiro atoms. The number of anilines is 2. The van der Waals surface area contributed by atoms with Gasteiger partial charge in [0.1, 0.15) is 0 Å². The molecule has 22 heavy (non-hydrogen) atoms. The molecule has 1 aliphatic heterocycles. The van der Waals surface area contributed by atoms with Gasteiger partial charge in [0.2, 0.25) is 11.8 Å². The monoisotopic (exact) mass is 406 g/mol. The van der Waals surface area contributed by atoms with Crippen molar-refractivity contribution in [1.82, 2.24) is 0 Å². The Bertz CT molecular complexity index is 758. The Kier molecular flexibility index (Phi) is 4.15. The van der Waals surface area contributed by atoms with E-state index in [0.717, 1.165) is 20.5 Å². The summed E-state index contributed by atoms with van der Waals surface area (Å²) in [6.07, 6.45) is 0.172. The SMILES string of the molecule is Cc1ccc(NC(=O)C2CC(=O)Nc3ccccc32)cc1I. The molecular formula is C17H15IN2O2. The highest BCUT2D eigenvalue weighted by atomic mass is 127. The lowest BCUT2D eigenvalue weighted by atomic mass is 9.90. The molecule has 1 unspecified atom stereocenters. The lowest BCUT2D eigenvalue weighted by Gasteiger charge is -2.24. The molecule has 1 aliphatic rings. The van der Waals surface area contributed by atoms with Crippen LogP contribution in [0, 0.1) is 10.5 Å². The van der Waals surface area contributed by atoms with E-state index in [0.29, 0.717) is 0 Å². The second kappa shape index (κ2) is 6.08. The Morgan fingerprint density at radius 2 is 2.05 bits per heavy atom. The van der Waals surface area contributed by atoms with E-state index in [1.54, 1.807) is 0 Å². The van der Waals surface area contributed by atoms with Crippen molar-refractivity contribution in [2.24, 2.45) is 0 Å². The van der Waals surface area contributed by atoms with Crippen LogP contribution < -0.4 is 10.6 Å². The average molecular weight is 406 g/mol. The third-order valence-corrected chi connectivity index (χ3v) is 4.92. The number of amides is 2. The van der Waals surface area contributed by atoms with E-state index >= 15 is 0 Å². The fourth-order valence-corrected chi connectivity index (χ4v) is 3.06. The summed E-state index contributed by atoms with van der Waals surface area (Å²) in [6.45, 7) is 2.02. The van der Waals surface area contributed by atoms with Crippen molar-refractivity contribution in [1.29, 1.82) is 0 Å². The molecule has 1 heterocycles. The van der Waals surface area contributed by atoms with E-state index in [-0.39, 0.29) is 18.2 Å². The van der Waals surface area contributed by atoms with E-state index in [1.807, 2.05) is 49.4 Å². The van der Waals surface area contributed by atoms with Crippen molar-refractivity contribution in [3.63, 3.8) is 0 Å². The maximum atomic E-state index is 12.6. The minimum absolute atomic E-state index is 0.127. The van der Waals surface area contributed by atoms with Crippen molar-refractivity contribution in [3.05, 3.63) is 57.2 Å². The van der Waals surface area contributed by atoms with E-state index in [9.17, 15) is 9.59 Å². The number of carbonyl (C=O) groups is 2. The normalized spacial score (nSPS) is 16.6. The van der Waals surface area contributed by atoms with Gasteiger partial charge in [-0.15, -0.1) is 0 Å². The summed E-state index contributed by atoms with van der Waals surface area (Å²) >= 11 is 2.24. The Labute approximate surface area is 142 Å². The first kappa shape index (κ1) is 15.0. The fraction of sp³-hybridized carbons (Fsp3) is 0.176. The standard InChI is InChI=1S/C17H15IN2O2/c1-10-6-7-11(8-14(10)18)19-17(22)13-9-16(21)20-15-5-3-2-4-12(13)15/h2-8,13H,9H2,1H3,(H,19,22)(H,20,21). The van der Waals surface area contributed by atoms with Crippen LogP contribution >= 0.6 is 22.6 Å². The van der Waals surface area contributed by atoms with Gasteiger partial charge in [0.05, 0.1) is 5.92 Å². The molecule has 0 saturated heterocycles. The topological polar surface area (TPSA) is 58.2 Å². The van der Waals surface area contributed by atoms with Crippen LogP contribution in [-0.4, -0.2) is 11.8 Å². The molecule has 0 bridgehead atoms. The summed E-state index contributed by atoms with van der Waals surface area (Å²) in [7, 11) is 0. The molecule has 0 radical (unpaired) electrons. The number of fused-ring (bicyclic) bond motifs is 1. The van der Waals surface area contributed by atoms with Gasteiger partial charge in [-0.1, -0.05) is 24.3 Å². The van der Waals surface area contributed by atoms with Crippen LogP contribution in [0.5, 0.6) is 0 Å². The third kappa shape index (κ3) is 2.99. The number of para-hydroxylation sites is 1. The Morgan fingerprint density at radius 3 is 2.82 bits per heavy atom. The minimum atomic E-state index is -0.455. The first-order valence-corrected chi connectivity index (χ1v) is 8.08. The van der Waals surface area contributed by atoms with Gasteiger partial charge >= 0.3 is 0 Å². The number of hydrogen-bond donors (Lipinski definition) is 2. The first-order valence-electron chi connectivity index (χ1n) is 7.00. The maximum Gasteiger partial charge on any atom is 0.232 e. The van der Waals surface area contributed by atoms with Crippen molar-refractivity contribution in [3.8, 4) is 0 Å². The molecule has 2 amide bonds. The number of nitrogens with one attached hydrogen (secondary N) is 2. The molecule has 1 atom stereocenters. The van der Waals surface area contributed by atoms with E-state index in [1.165, 1.54) is 5.56 Å². The summed E-state index contributed by atoms with van der Waals surface area (Å²) in [5, 5.41) is 5.72. The van der Waals surface area contributed by atoms with Crippen LogP contribution in [0.25, 0.3) is 0 Å². The van der Waals surface area contributed by atoms with Gasteiger partial charge in [-0.25, -0.2) is 0 Å².